The molecule has 2 unspecified atom stereocenters. The lowest BCUT2D eigenvalue weighted by Gasteiger charge is -2.41. The van der Waals surface area contributed by atoms with Crippen LogP contribution in [-0.4, -0.2) is 44.9 Å². The van der Waals surface area contributed by atoms with Crippen molar-refractivity contribution in [1.29, 1.82) is 0 Å². The summed E-state index contributed by atoms with van der Waals surface area (Å²) in [6.45, 7) is 23.2. The van der Waals surface area contributed by atoms with E-state index in [9.17, 15) is 0 Å². The summed E-state index contributed by atoms with van der Waals surface area (Å²) >= 11 is 0. The second kappa shape index (κ2) is 33.0. The van der Waals surface area contributed by atoms with E-state index >= 15 is 0 Å². The van der Waals surface area contributed by atoms with Crippen LogP contribution in [0.5, 0.6) is 0 Å². The Labute approximate surface area is 829 Å². The second-order valence-electron chi connectivity index (χ2n) is 40.5. The van der Waals surface area contributed by atoms with Gasteiger partial charge in [-0.1, -0.05) is 391 Å². The minimum absolute atomic E-state index is 0.0281. The van der Waals surface area contributed by atoms with Crippen LogP contribution in [0.3, 0.4) is 0 Å². The number of furan rings is 3. The third kappa shape index (κ3) is 13.4. The summed E-state index contributed by atoms with van der Waals surface area (Å²) in [5.74, 6) is 5.75. The van der Waals surface area contributed by atoms with Crippen LogP contribution in [0.1, 0.15) is 133 Å². The van der Waals surface area contributed by atoms with Crippen molar-refractivity contribution in [2.24, 2.45) is 5.41 Å². The Morgan fingerprint density at radius 2 is 0.608 bits per heavy atom. The summed E-state index contributed by atoms with van der Waals surface area (Å²) < 4.78 is 20.3. The smallest absolute Gasteiger partial charge is 0.164 e. The first-order valence-corrected chi connectivity index (χ1v) is 49.8. The van der Waals surface area contributed by atoms with Gasteiger partial charge >= 0.3 is 0 Å². The van der Waals surface area contributed by atoms with Crippen molar-refractivity contribution in [2.75, 3.05) is 0 Å². The zero-order chi connectivity index (χ0) is 96.5. The lowest BCUT2D eigenvalue weighted by molar-refractivity contribution is 0.255. The fraction of sp³-hybridized carbons (Fsp3) is 0.137. The predicted octanol–water partition coefficient (Wildman–Crippen LogP) is 34.0. The minimum atomic E-state index is -0.151. The van der Waals surface area contributed by atoms with Crippen LogP contribution in [-0.2, 0) is 21.7 Å². The van der Waals surface area contributed by atoms with Crippen LogP contribution in [0, 0.1) is 5.41 Å². The molecule has 0 aliphatic heterocycles. The van der Waals surface area contributed by atoms with Crippen LogP contribution >= 0.6 is 0 Å². The fourth-order valence-electron chi connectivity index (χ4n) is 24.0. The average Bonchev–Trinajstić information content (AvgIpc) is 1.55. The molecule has 12 nitrogen and oxygen atoms in total. The van der Waals surface area contributed by atoms with Gasteiger partial charge in [-0.15, -0.1) is 0 Å². The van der Waals surface area contributed by atoms with Crippen molar-refractivity contribution in [3.05, 3.63) is 427 Å². The van der Waals surface area contributed by atoms with E-state index in [0.717, 1.165) is 146 Å². The Hall–Kier alpha value is -17.1. The molecule has 0 spiro atoms. The van der Waals surface area contributed by atoms with Crippen LogP contribution in [0.25, 0.3) is 234 Å². The van der Waals surface area contributed by atoms with Crippen molar-refractivity contribution in [3.8, 4) is 147 Å². The van der Waals surface area contributed by atoms with E-state index < -0.39 is 0 Å². The topological polar surface area (TPSA) is 155 Å². The Bertz CT molecular complexity index is 9300. The van der Waals surface area contributed by atoms with Gasteiger partial charge in [-0.3, -0.25) is 0 Å². The molecule has 0 N–H and O–H groups in total. The lowest BCUT2D eigenvalue weighted by Crippen LogP contribution is -2.36. The fourth-order valence-corrected chi connectivity index (χ4v) is 24.0. The third-order valence-electron chi connectivity index (χ3n) is 31.9. The summed E-state index contributed by atoms with van der Waals surface area (Å²) in [6, 6.07) is 134. The molecule has 0 radical (unpaired) electrons. The second-order valence-corrected chi connectivity index (χ2v) is 40.5. The van der Waals surface area contributed by atoms with Crippen LogP contribution in [0.2, 0.25) is 0 Å². The highest BCUT2D eigenvalue weighted by molar-refractivity contribution is 6.18. The Morgan fingerprint density at radius 3 is 1.15 bits per heavy atom. The van der Waals surface area contributed by atoms with Crippen molar-refractivity contribution in [3.63, 3.8) is 0 Å². The van der Waals surface area contributed by atoms with Gasteiger partial charge in [0.25, 0.3) is 0 Å². The number of hydrogen-bond donors (Lipinski definition) is 0. The largest absolute Gasteiger partial charge is 0.456 e. The van der Waals surface area contributed by atoms with E-state index in [1.165, 1.54) is 99.8 Å². The SMILES string of the molecule is CC(C)(C)C1(C)c2ccccc2-c2cc3oc4cc(-c5nc(-c6ccccc6)nc(-c6ccccc6)n5)ccc4c3cc21.CCC1(C)c2ccccc2-c2ccc3c(oc4cccc(-c5nc(-c6ccccc6)nc(-c6ccc7c(c6)C(C)(C)c6ccccc6-7)n5)c43)c21.CCC1(CC)c2ccccc2-c2ccc3c(oc4cccc(-c5nc(-c6ccccc6)nc(-c6cc7ccccc7c7ccccc67)n5)c43)c21. The molecule has 28 rings (SSSR count). The molecule has 12 heteroatoms. The number of nitrogens with zero attached hydrogens (tertiary/aromatic N) is 9. The zero-order valence-electron chi connectivity index (χ0n) is 81.2. The van der Waals surface area contributed by atoms with E-state index in [2.05, 4.69) is 354 Å². The lowest BCUT2D eigenvalue weighted by atomic mass is 9.62. The minimum Gasteiger partial charge on any atom is -0.456 e. The van der Waals surface area contributed by atoms with E-state index in [0.29, 0.717) is 52.4 Å². The molecule has 0 saturated carbocycles. The Kier molecular flexibility index (Phi) is 19.9. The van der Waals surface area contributed by atoms with Crippen LogP contribution in [0.15, 0.2) is 395 Å². The highest BCUT2D eigenvalue weighted by Crippen LogP contribution is 2.61. The van der Waals surface area contributed by atoms with E-state index in [1.54, 1.807) is 0 Å². The highest BCUT2D eigenvalue weighted by Gasteiger charge is 2.49. The zero-order valence-corrected chi connectivity index (χ0v) is 81.2. The number of hydrogen-bond acceptors (Lipinski definition) is 12. The molecule has 18 aromatic carbocycles. The third-order valence-corrected chi connectivity index (χ3v) is 31.9. The molecule has 0 saturated heterocycles. The highest BCUT2D eigenvalue weighted by atomic mass is 16.3. The first-order chi connectivity index (χ1) is 69.9. The molecular formula is C131H99N9O3. The van der Waals surface area contributed by atoms with Gasteiger partial charge < -0.3 is 13.3 Å². The van der Waals surface area contributed by atoms with E-state index in [-0.39, 0.29) is 27.1 Å². The molecule has 6 aromatic heterocycles. The molecule has 4 aliphatic carbocycles. The molecule has 0 fully saturated rings. The monoisotopic (exact) mass is 1850 g/mol. The first kappa shape index (κ1) is 86.3. The van der Waals surface area contributed by atoms with Gasteiger partial charge in [-0.05, 0) is 185 Å². The van der Waals surface area contributed by atoms with Gasteiger partial charge in [0.1, 0.15) is 33.5 Å². The molecule has 2 atom stereocenters. The predicted molar refractivity (Wildman–Crippen MR) is 583 cm³/mol. The van der Waals surface area contributed by atoms with Gasteiger partial charge in [0, 0.05) is 115 Å². The maximum atomic E-state index is 6.91. The average molecular weight is 1850 g/mol. The molecule has 686 valence electrons. The maximum Gasteiger partial charge on any atom is 0.164 e. The van der Waals surface area contributed by atoms with Crippen molar-refractivity contribution >= 4 is 87.4 Å². The summed E-state index contributed by atoms with van der Waals surface area (Å²) in [4.78, 5) is 45.8. The van der Waals surface area contributed by atoms with Crippen LogP contribution < -0.4 is 0 Å². The Balaban J connectivity index is 0.000000110. The molecule has 6 heterocycles. The summed E-state index contributed by atoms with van der Waals surface area (Å²) in [5, 5.41) is 11.1. The summed E-state index contributed by atoms with van der Waals surface area (Å²) in [5.41, 5.74) is 34.3. The quantitative estimate of drug-likeness (QED) is 0.107. The van der Waals surface area contributed by atoms with Gasteiger partial charge in [0.15, 0.2) is 52.4 Å². The summed E-state index contributed by atoms with van der Waals surface area (Å²) in [6.07, 6.45) is 2.96. The first-order valence-electron chi connectivity index (χ1n) is 49.8. The number of rotatable bonds is 12. The molecular weight excluding hydrogens is 1750 g/mol. The van der Waals surface area contributed by atoms with Gasteiger partial charge in [0.2, 0.25) is 0 Å². The summed E-state index contributed by atoms with van der Waals surface area (Å²) in [7, 11) is 0. The molecule has 4 aliphatic rings. The van der Waals surface area contributed by atoms with Crippen molar-refractivity contribution in [2.45, 2.75) is 110 Å². The van der Waals surface area contributed by atoms with E-state index in [4.69, 9.17) is 58.1 Å². The maximum absolute atomic E-state index is 6.91. The standard InChI is InChI=1S/C46H35N3O.C46H33N3O.C39H31N3O/c1-5-46(4)36-20-12-10-17-30(36)32-24-25-33-39-34(18-13-21-38(39)50-41(33)40(32)46)44-48-42(27-14-7-6-8-15-27)47-43(49-44)28-22-23-31-29-16-9-11-19-35(29)45(2,3)37(31)26-28;1-3-46(4-2)38-23-13-12-21-33(38)34-25-26-35-40-36(22-14-24-39(40)50-42(35)41(34)46)44-47-43(28-15-6-5-7-16-28)48-45(49-44)37-27-29-17-8-9-18-30(29)31-19-10-11-20-32(31)37;1-38(2,3)39(4)31-18-12-11-17-27(31)29-23-34-30(22-32(29)39)28-20-19-26(21-33(28)43-34)37-41-35(24-13-7-5-8-14-24)40-36(42-37)25-15-9-6-10-16-25/h6-26H,5H2,1-4H3;5-27H,3-4H2,1-2H3;5-23H,1-4H3. The van der Waals surface area contributed by atoms with Crippen molar-refractivity contribution < 1.29 is 13.3 Å². The number of aromatic nitrogens is 9. The van der Waals surface area contributed by atoms with E-state index in [1.807, 2.05) is 97.1 Å². The number of benzene rings is 18. The van der Waals surface area contributed by atoms with Gasteiger partial charge in [0.05, 0.1) is 0 Å². The number of fused-ring (bicyclic) bond motifs is 26. The van der Waals surface area contributed by atoms with Crippen molar-refractivity contribution in [1.82, 2.24) is 44.9 Å². The van der Waals surface area contributed by atoms with Gasteiger partial charge in [-0.25, -0.2) is 44.9 Å². The normalized spacial score (nSPS) is 15.3. The molecule has 143 heavy (non-hydrogen) atoms. The van der Waals surface area contributed by atoms with Crippen LogP contribution in [0.4, 0.5) is 0 Å². The van der Waals surface area contributed by atoms with Gasteiger partial charge in [-0.2, -0.15) is 0 Å². The molecule has 24 aromatic rings. The molecule has 0 amide bonds. The molecule has 0 bridgehead atoms. The Morgan fingerprint density at radius 1 is 0.224 bits per heavy atom.